The molecule has 1 unspecified atom stereocenters. The standard InChI is InChI=1S/C13H21F3N2O2/c1-5-6-17-7-8-18(11(19)20)9(12(2,3)4)10(17)13(14,15)16/h5,9-10H,1,6-8H2,2-4H3,(H,19,20)/t9-,10?/m1/s1. The van der Waals surface area contributed by atoms with Crippen molar-refractivity contribution < 1.29 is 23.1 Å². The van der Waals surface area contributed by atoms with Crippen molar-refractivity contribution in [2.24, 2.45) is 5.41 Å². The van der Waals surface area contributed by atoms with E-state index in [2.05, 4.69) is 6.58 Å². The Morgan fingerprint density at radius 1 is 1.30 bits per heavy atom. The summed E-state index contributed by atoms with van der Waals surface area (Å²) in [4.78, 5) is 13.4. The van der Waals surface area contributed by atoms with Gasteiger partial charge in [0.25, 0.3) is 0 Å². The third-order valence-corrected chi connectivity index (χ3v) is 3.49. The molecule has 20 heavy (non-hydrogen) atoms. The van der Waals surface area contributed by atoms with Crippen LogP contribution in [0.5, 0.6) is 0 Å². The fourth-order valence-corrected chi connectivity index (χ4v) is 2.80. The second kappa shape index (κ2) is 5.63. The summed E-state index contributed by atoms with van der Waals surface area (Å²) in [6.45, 7) is 8.57. The highest BCUT2D eigenvalue weighted by Gasteiger charge is 2.56. The zero-order valence-electron chi connectivity index (χ0n) is 11.9. The molecule has 1 aliphatic heterocycles. The minimum atomic E-state index is -4.49. The highest BCUT2D eigenvalue weighted by Crippen LogP contribution is 2.39. The van der Waals surface area contributed by atoms with Crippen LogP contribution in [-0.4, -0.2) is 58.9 Å². The summed E-state index contributed by atoms with van der Waals surface area (Å²) in [7, 11) is 0. The molecule has 1 amide bonds. The van der Waals surface area contributed by atoms with E-state index in [9.17, 15) is 23.1 Å². The Morgan fingerprint density at radius 3 is 2.20 bits per heavy atom. The largest absolute Gasteiger partial charge is 0.465 e. The molecule has 7 heteroatoms. The first kappa shape index (κ1) is 16.8. The van der Waals surface area contributed by atoms with Gasteiger partial charge >= 0.3 is 12.3 Å². The molecule has 0 aliphatic carbocycles. The Balaban J connectivity index is 3.26. The molecule has 1 saturated heterocycles. The number of hydrogen-bond acceptors (Lipinski definition) is 2. The van der Waals surface area contributed by atoms with Gasteiger partial charge in [-0.05, 0) is 5.41 Å². The SMILES string of the molecule is C=CCN1CCN(C(=O)O)[C@@H](C(C)(C)C)C1C(F)(F)F. The van der Waals surface area contributed by atoms with Crippen molar-refractivity contribution in [3.63, 3.8) is 0 Å². The van der Waals surface area contributed by atoms with Crippen LogP contribution in [0.1, 0.15) is 20.8 Å². The van der Waals surface area contributed by atoms with Gasteiger partial charge in [-0.25, -0.2) is 4.79 Å². The van der Waals surface area contributed by atoms with Crippen LogP contribution in [0.4, 0.5) is 18.0 Å². The first-order valence-electron chi connectivity index (χ1n) is 6.41. The van der Waals surface area contributed by atoms with E-state index in [-0.39, 0.29) is 19.6 Å². The van der Waals surface area contributed by atoms with Crippen molar-refractivity contribution in [2.45, 2.75) is 39.0 Å². The molecule has 0 aromatic heterocycles. The molecule has 0 spiro atoms. The summed E-state index contributed by atoms with van der Waals surface area (Å²) < 4.78 is 40.3. The molecular formula is C13H21F3N2O2. The van der Waals surface area contributed by atoms with Crippen LogP contribution in [0.15, 0.2) is 12.7 Å². The Morgan fingerprint density at radius 2 is 1.85 bits per heavy atom. The third kappa shape index (κ3) is 3.45. The van der Waals surface area contributed by atoms with Gasteiger partial charge in [0.05, 0.1) is 6.04 Å². The Kier molecular flexibility index (Phi) is 4.74. The van der Waals surface area contributed by atoms with Crippen molar-refractivity contribution in [2.75, 3.05) is 19.6 Å². The highest BCUT2D eigenvalue weighted by atomic mass is 19.4. The number of rotatable bonds is 2. The predicted octanol–water partition coefficient (Wildman–Crippen LogP) is 2.81. The van der Waals surface area contributed by atoms with Crippen LogP contribution >= 0.6 is 0 Å². The Labute approximate surface area is 116 Å². The monoisotopic (exact) mass is 294 g/mol. The van der Waals surface area contributed by atoms with E-state index < -0.39 is 29.8 Å². The second-order valence-electron chi connectivity index (χ2n) is 6.06. The lowest BCUT2D eigenvalue weighted by molar-refractivity contribution is -0.217. The fourth-order valence-electron chi connectivity index (χ4n) is 2.80. The normalized spacial score (nSPS) is 25.6. The maximum absolute atomic E-state index is 13.4. The van der Waals surface area contributed by atoms with Gasteiger partial charge in [0.1, 0.15) is 6.04 Å². The van der Waals surface area contributed by atoms with Crippen LogP contribution in [0, 0.1) is 5.41 Å². The molecule has 4 nitrogen and oxygen atoms in total. The molecule has 0 bridgehead atoms. The fraction of sp³-hybridized carbons (Fsp3) is 0.769. The van der Waals surface area contributed by atoms with E-state index >= 15 is 0 Å². The smallest absolute Gasteiger partial charge is 0.407 e. The summed E-state index contributed by atoms with van der Waals surface area (Å²) in [5.74, 6) is 0. The van der Waals surface area contributed by atoms with Crippen molar-refractivity contribution in [1.29, 1.82) is 0 Å². The summed E-state index contributed by atoms with van der Waals surface area (Å²) in [5.41, 5.74) is -0.821. The quantitative estimate of drug-likeness (QED) is 0.796. The van der Waals surface area contributed by atoms with Crippen LogP contribution in [0.3, 0.4) is 0 Å². The Bertz CT molecular complexity index is 377. The minimum Gasteiger partial charge on any atom is -0.465 e. The predicted molar refractivity (Wildman–Crippen MR) is 69.6 cm³/mol. The van der Waals surface area contributed by atoms with E-state index in [0.717, 1.165) is 4.90 Å². The van der Waals surface area contributed by atoms with Crippen molar-refractivity contribution in [3.8, 4) is 0 Å². The first-order valence-corrected chi connectivity index (χ1v) is 6.41. The average Bonchev–Trinajstić information content (AvgIpc) is 2.25. The number of hydrogen-bond donors (Lipinski definition) is 1. The molecule has 116 valence electrons. The molecule has 1 rings (SSSR count). The summed E-state index contributed by atoms with van der Waals surface area (Å²) in [6, 6.07) is -2.96. The molecule has 1 N–H and O–H groups in total. The molecule has 0 saturated carbocycles. The molecule has 0 aromatic carbocycles. The van der Waals surface area contributed by atoms with Crippen LogP contribution in [0.25, 0.3) is 0 Å². The summed E-state index contributed by atoms with van der Waals surface area (Å²) in [6.07, 6.45) is -4.39. The van der Waals surface area contributed by atoms with E-state index in [1.54, 1.807) is 20.8 Å². The topological polar surface area (TPSA) is 43.8 Å². The summed E-state index contributed by atoms with van der Waals surface area (Å²) in [5, 5.41) is 9.19. The average molecular weight is 294 g/mol. The van der Waals surface area contributed by atoms with E-state index in [1.807, 2.05) is 0 Å². The third-order valence-electron chi connectivity index (χ3n) is 3.49. The number of amides is 1. The van der Waals surface area contributed by atoms with Crippen molar-refractivity contribution >= 4 is 6.09 Å². The lowest BCUT2D eigenvalue weighted by Crippen LogP contribution is -2.69. The van der Waals surface area contributed by atoms with E-state index in [0.29, 0.717) is 0 Å². The maximum Gasteiger partial charge on any atom is 0.407 e. The van der Waals surface area contributed by atoms with E-state index in [4.69, 9.17) is 0 Å². The van der Waals surface area contributed by atoms with Gasteiger partial charge in [0.2, 0.25) is 0 Å². The first-order chi connectivity index (χ1) is 9.00. The lowest BCUT2D eigenvalue weighted by atomic mass is 9.79. The molecule has 0 aromatic rings. The number of piperazine rings is 1. The second-order valence-corrected chi connectivity index (χ2v) is 6.06. The molecule has 1 aliphatic rings. The van der Waals surface area contributed by atoms with Gasteiger partial charge in [-0.15, -0.1) is 6.58 Å². The molecule has 2 atom stereocenters. The molecule has 1 heterocycles. The van der Waals surface area contributed by atoms with Gasteiger partial charge in [-0.1, -0.05) is 26.8 Å². The molecular weight excluding hydrogens is 273 g/mol. The van der Waals surface area contributed by atoms with Crippen LogP contribution in [0.2, 0.25) is 0 Å². The molecule has 1 fully saturated rings. The molecule has 0 radical (unpaired) electrons. The van der Waals surface area contributed by atoms with Crippen LogP contribution < -0.4 is 0 Å². The number of alkyl halides is 3. The number of carbonyl (C=O) groups is 1. The van der Waals surface area contributed by atoms with E-state index in [1.165, 1.54) is 11.0 Å². The minimum absolute atomic E-state index is 0.0507. The van der Waals surface area contributed by atoms with Gasteiger partial charge in [-0.2, -0.15) is 13.2 Å². The number of nitrogens with zero attached hydrogens (tertiary/aromatic N) is 2. The zero-order valence-corrected chi connectivity index (χ0v) is 11.9. The van der Waals surface area contributed by atoms with Gasteiger partial charge < -0.3 is 10.0 Å². The zero-order chi connectivity index (χ0) is 15.7. The maximum atomic E-state index is 13.4. The van der Waals surface area contributed by atoms with Gasteiger partial charge in [0, 0.05) is 19.6 Å². The van der Waals surface area contributed by atoms with Crippen molar-refractivity contribution in [3.05, 3.63) is 12.7 Å². The summed E-state index contributed by atoms with van der Waals surface area (Å²) >= 11 is 0. The van der Waals surface area contributed by atoms with Gasteiger partial charge in [0.15, 0.2) is 0 Å². The highest BCUT2D eigenvalue weighted by molar-refractivity contribution is 5.66. The van der Waals surface area contributed by atoms with Gasteiger partial charge in [-0.3, -0.25) is 4.90 Å². The Hall–Kier alpha value is -1.24. The number of halogens is 3. The van der Waals surface area contributed by atoms with Crippen molar-refractivity contribution in [1.82, 2.24) is 9.80 Å². The number of carboxylic acid groups (broad SMARTS) is 1. The lowest BCUT2D eigenvalue weighted by Gasteiger charge is -2.51. The van der Waals surface area contributed by atoms with Crippen LogP contribution in [-0.2, 0) is 0 Å².